The van der Waals surface area contributed by atoms with Gasteiger partial charge in [0.05, 0.1) is 17.3 Å². The Morgan fingerprint density at radius 1 is 1.24 bits per heavy atom. The molecule has 2 atom stereocenters. The van der Waals surface area contributed by atoms with Gasteiger partial charge >= 0.3 is 5.97 Å². The Morgan fingerprint density at radius 3 is 2.84 bits per heavy atom. The lowest BCUT2D eigenvalue weighted by atomic mass is 10.1. The van der Waals surface area contributed by atoms with Crippen LogP contribution in [0, 0.1) is 6.92 Å². The van der Waals surface area contributed by atoms with E-state index in [-0.39, 0.29) is 6.04 Å². The number of nitrogens with zero attached hydrogens (tertiary/aromatic N) is 2. The molecular formula is C20H20N2O2S. The van der Waals surface area contributed by atoms with Crippen molar-refractivity contribution in [1.82, 2.24) is 9.88 Å². The zero-order valence-electron chi connectivity index (χ0n) is 14.1. The lowest BCUT2D eigenvalue weighted by Gasteiger charge is -2.30. The largest absolute Gasteiger partial charge is 0.480 e. The third kappa shape index (κ3) is 3.05. The lowest BCUT2D eigenvalue weighted by Crippen LogP contribution is -2.39. The average molecular weight is 352 g/mol. The van der Waals surface area contributed by atoms with E-state index in [1.54, 1.807) is 11.3 Å². The van der Waals surface area contributed by atoms with Crippen LogP contribution in [0.4, 0.5) is 0 Å². The predicted octanol–water partition coefficient (Wildman–Crippen LogP) is 4.24. The Hall–Kier alpha value is -2.24. The number of carbonyl (C=O) groups is 1. The fourth-order valence-electron chi connectivity index (χ4n) is 3.68. The third-order valence-electron chi connectivity index (χ3n) is 4.84. The molecule has 1 N–H and O–H groups in total. The van der Waals surface area contributed by atoms with E-state index in [2.05, 4.69) is 30.0 Å². The molecule has 2 unspecified atom stereocenters. The summed E-state index contributed by atoms with van der Waals surface area (Å²) in [7, 11) is 0. The summed E-state index contributed by atoms with van der Waals surface area (Å²) in [5, 5.41) is 10.7. The van der Waals surface area contributed by atoms with Crippen molar-refractivity contribution in [2.24, 2.45) is 0 Å². The maximum atomic E-state index is 11.7. The van der Waals surface area contributed by atoms with Crippen molar-refractivity contribution in [3.05, 3.63) is 64.0 Å². The molecule has 1 aliphatic heterocycles. The SMILES string of the molecule is Cc1ccc(C(c2ccc3ccccc3n2)N2CCCC2C(=O)O)s1. The Kier molecular flexibility index (Phi) is 4.27. The van der Waals surface area contributed by atoms with Crippen molar-refractivity contribution in [3.8, 4) is 0 Å². The quantitative estimate of drug-likeness (QED) is 0.763. The lowest BCUT2D eigenvalue weighted by molar-refractivity contribution is -0.142. The van der Waals surface area contributed by atoms with Crippen LogP contribution in [-0.2, 0) is 4.79 Å². The molecule has 25 heavy (non-hydrogen) atoms. The monoisotopic (exact) mass is 352 g/mol. The number of para-hydroxylation sites is 1. The summed E-state index contributed by atoms with van der Waals surface area (Å²) < 4.78 is 0. The van der Waals surface area contributed by atoms with Crippen LogP contribution in [0.25, 0.3) is 10.9 Å². The Morgan fingerprint density at radius 2 is 2.08 bits per heavy atom. The second-order valence-electron chi connectivity index (χ2n) is 6.51. The molecular weight excluding hydrogens is 332 g/mol. The number of carboxylic acids is 1. The first-order valence-electron chi connectivity index (χ1n) is 8.54. The van der Waals surface area contributed by atoms with Gasteiger partial charge in [0.1, 0.15) is 6.04 Å². The normalized spacial score (nSPS) is 19.3. The predicted molar refractivity (Wildman–Crippen MR) is 100 cm³/mol. The van der Waals surface area contributed by atoms with Gasteiger partial charge < -0.3 is 5.11 Å². The Balaban J connectivity index is 1.83. The smallest absolute Gasteiger partial charge is 0.320 e. The fraction of sp³-hybridized carbons (Fsp3) is 0.300. The van der Waals surface area contributed by atoms with Crippen LogP contribution in [0.1, 0.15) is 34.3 Å². The molecule has 0 amide bonds. The zero-order valence-corrected chi connectivity index (χ0v) is 14.9. The molecule has 1 saturated heterocycles. The van der Waals surface area contributed by atoms with Gasteiger partial charge in [-0.3, -0.25) is 14.7 Å². The van der Waals surface area contributed by atoms with Crippen molar-refractivity contribution in [1.29, 1.82) is 0 Å². The van der Waals surface area contributed by atoms with Crippen LogP contribution in [-0.4, -0.2) is 33.5 Å². The third-order valence-corrected chi connectivity index (χ3v) is 5.89. The number of hydrogen-bond acceptors (Lipinski definition) is 4. The van der Waals surface area contributed by atoms with E-state index < -0.39 is 12.0 Å². The van der Waals surface area contributed by atoms with Gasteiger partial charge in [-0.05, 0) is 44.0 Å². The zero-order chi connectivity index (χ0) is 17.4. The van der Waals surface area contributed by atoms with Crippen molar-refractivity contribution in [2.45, 2.75) is 31.8 Å². The summed E-state index contributed by atoms with van der Waals surface area (Å²) in [5.41, 5.74) is 1.87. The number of aryl methyl sites for hydroxylation is 1. The average Bonchev–Trinajstić information content (AvgIpc) is 3.25. The minimum absolute atomic E-state index is 0.105. The summed E-state index contributed by atoms with van der Waals surface area (Å²) in [6.07, 6.45) is 1.61. The van der Waals surface area contributed by atoms with Gasteiger partial charge in [0.2, 0.25) is 0 Å². The standard InChI is InChI=1S/C20H20N2O2S/c1-13-8-11-18(25-13)19(22-12-4-7-17(22)20(23)24)16-10-9-14-5-2-3-6-15(14)21-16/h2-3,5-6,8-11,17,19H,4,7,12H2,1H3,(H,23,24). The maximum absolute atomic E-state index is 11.7. The highest BCUT2D eigenvalue weighted by Crippen LogP contribution is 2.37. The number of benzene rings is 1. The van der Waals surface area contributed by atoms with Crippen molar-refractivity contribution in [3.63, 3.8) is 0 Å². The van der Waals surface area contributed by atoms with Gasteiger partial charge in [-0.2, -0.15) is 0 Å². The van der Waals surface area contributed by atoms with Gasteiger partial charge in [0.15, 0.2) is 0 Å². The van der Waals surface area contributed by atoms with Crippen molar-refractivity contribution >= 4 is 28.2 Å². The van der Waals surface area contributed by atoms with Crippen LogP contribution in [0.3, 0.4) is 0 Å². The van der Waals surface area contributed by atoms with E-state index in [1.807, 2.05) is 30.3 Å². The molecule has 0 saturated carbocycles. The van der Waals surface area contributed by atoms with Gasteiger partial charge in [0.25, 0.3) is 0 Å². The molecule has 5 heteroatoms. The van der Waals surface area contributed by atoms with E-state index in [9.17, 15) is 9.90 Å². The van der Waals surface area contributed by atoms with Crippen molar-refractivity contribution in [2.75, 3.05) is 6.54 Å². The molecule has 1 fully saturated rings. The molecule has 3 aromatic rings. The van der Waals surface area contributed by atoms with Crippen LogP contribution in [0.5, 0.6) is 0 Å². The van der Waals surface area contributed by atoms with E-state index >= 15 is 0 Å². The molecule has 4 rings (SSSR count). The van der Waals surface area contributed by atoms with Gasteiger partial charge in [-0.25, -0.2) is 0 Å². The number of aromatic nitrogens is 1. The van der Waals surface area contributed by atoms with Crippen molar-refractivity contribution < 1.29 is 9.90 Å². The first kappa shape index (κ1) is 16.2. The molecule has 0 spiro atoms. The van der Waals surface area contributed by atoms with Crippen LogP contribution < -0.4 is 0 Å². The first-order valence-corrected chi connectivity index (χ1v) is 9.36. The van der Waals surface area contributed by atoms with Crippen LogP contribution in [0.2, 0.25) is 0 Å². The number of pyridine rings is 1. The number of thiophene rings is 1. The number of rotatable bonds is 4. The summed E-state index contributed by atoms with van der Waals surface area (Å²) in [4.78, 5) is 21.1. The Labute approximate surface area is 150 Å². The van der Waals surface area contributed by atoms with E-state index in [4.69, 9.17) is 4.98 Å². The minimum Gasteiger partial charge on any atom is -0.480 e. The van der Waals surface area contributed by atoms with E-state index in [1.165, 1.54) is 4.88 Å². The minimum atomic E-state index is -0.739. The molecule has 3 heterocycles. The van der Waals surface area contributed by atoms with Gasteiger partial charge in [-0.1, -0.05) is 24.3 Å². The molecule has 1 aliphatic rings. The molecule has 1 aromatic carbocycles. The number of likely N-dealkylation sites (tertiary alicyclic amines) is 1. The van der Waals surface area contributed by atoms with E-state index in [0.717, 1.165) is 34.4 Å². The second kappa shape index (κ2) is 6.58. The molecule has 2 aromatic heterocycles. The fourth-order valence-corrected chi connectivity index (χ4v) is 4.69. The maximum Gasteiger partial charge on any atom is 0.320 e. The number of aliphatic carboxylic acids is 1. The van der Waals surface area contributed by atoms with E-state index in [0.29, 0.717) is 6.42 Å². The van der Waals surface area contributed by atoms with Crippen LogP contribution >= 0.6 is 11.3 Å². The summed E-state index contributed by atoms with van der Waals surface area (Å²) in [5.74, 6) is -0.739. The number of carboxylic acid groups (broad SMARTS) is 1. The molecule has 128 valence electrons. The molecule has 4 nitrogen and oxygen atoms in total. The number of fused-ring (bicyclic) bond motifs is 1. The molecule has 0 bridgehead atoms. The highest BCUT2D eigenvalue weighted by Gasteiger charge is 2.38. The molecule has 0 radical (unpaired) electrons. The molecule has 0 aliphatic carbocycles. The summed E-state index contributed by atoms with van der Waals surface area (Å²) in [6.45, 7) is 2.87. The highest BCUT2D eigenvalue weighted by atomic mass is 32.1. The first-order chi connectivity index (χ1) is 12.1. The Bertz CT molecular complexity index is 921. The topological polar surface area (TPSA) is 53.4 Å². The second-order valence-corrected chi connectivity index (χ2v) is 7.83. The van der Waals surface area contributed by atoms with Gasteiger partial charge in [-0.15, -0.1) is 11.3 Å². The van der Waals surface area contributed by atoms with Gasteiger partial charge in [0, 0.05) is 21.7 Å². The summed E-state index contributed by atoms with van der Waals surface area (Å²) >= 11 is 1.72. The van der Waals surface area contributed by atoms with Crippen LogP contribution in [0.15, 0.2) is 48.5 Å². The number of hydrogen-bond donors (Lipinski definition) is 1. The summed E-state index contributed by atoms with van der Waals surface area (Å²) in [6, 6.07) is 15.8. The highest BCUT2D eigenvalue weighted by molar-refractivity contribution is 7.12.